The van der Waals surface area contributed by atoms with Crippen molar-refractivity contribution in [3.05, 3.63) is 60.7 Å². The summed E-state index contributed by atoms with van der Waals surface area (Å²) in [6.07, 6.45) is -0.957. The summed E-state index contributed by atoms with van der Waals surface area (Å²) in [5.74, 6) is -0.235. The highest BCUT2D eigenvalue weighted by Crippen LogP contribution is 2.45. The van der Waals surface area contributed by atoms with E-state index < -0.39 is 32.7 Å². The van der Waals surface area contributed by atoms with E-state index in [0.29, 0.717) is 17.6 Å². The first-order valence-corrected chi connectivity index (χ1v) is 15.2. The zero-order chi connectivity index (χ0) is 24.5. The van der Waals surface area contributed by atoms with Crippen molar-refractivity contribution in [2.24, 2.45) is 11.8 Å². The summed E-state index contributed by atoms with van der Waals surface area (Å²) in [7, 11) is -2.74. The van der Waals surface area contributed by atoms with Gasteiger partial charge in [-0.15, -0.1) is 0 Å². The maximum absolute atomic E-state index is 10.6. The van der Waals surface area contributed by atoms with Gasteiger partial charge < -0.3 is 24.1 Å². The van der Waals surface area contributed by atoms with Crippen molar-refractivity contribution in [3.8, 4) is 0 Å². The molecule has 2 N–H and O–H groups in total. The summed E-state index contributed by atoms with van der Waals surface area (Å²) in [5.41, 5.74) is 0. The zero-order valence-corrected chi connectivity index (χ0v) is 22.7. The number of benzene rings is 2. The highest BCUT2D eigenvalue weighted by atomic mass is 32.2. The molecule has 2 bridgehead atoms. The number of rotatable bonds is 7. The number of aliphatic hydroxyl groups excluding tert-OH is 2. The minimum absolute atomic E-state index is 0.116. The predicted octanol–water partition coefficient (Wildman–Crippen LogP) is 2.96. The molecule has 0 aliphatic carbocycles. The van der Waals surface area contributed by atoms with Crippen molar-refractivity contribution < 1.29 is 24.1 Å². The Hall–Kier alpha value is -1.26. The molecule has 2 aromatic rings. The third-order valence-electron chi connectivity index (χ3n) is 7.20. The van der Waals surface area contributed by atoms with E-state index in [1.54, 1.807) is 0 Å². The average Bonchev–Trinajstić information content (AvgIpc) is 3.33. The van der Waals surface area contributed by atoms with E-state index in [2.05, 4.69) is 69.3 Å². The Morgan fingerprint density at radius 3 is 1.82 bits per heavy atom. The van der Waals surface area contributed by atoms with Gasteiger partial charge in [0.2, 0.25) is 4.38 Å². The third-order valence-corrected chi connectivity index (χ3v) is 13.3. The van der Waals surface area contributed by atoms with Crippen molar-refractivity contribution in [1.82, 2.24) is 0 Å². The topological polar surface area (TPSA) is 68.2 Å². The first-order chi connectivity index (χ1) is 16.2. The summed E-state index contributed by atoms with van der Waals surface area (Å²) < 4.78 is 19.4. The van der Waals surface area contributed by atoms with Crippen molar-refractivity contribution >= 4 is 47.1 Å². The SMILES string of the molecule is CSC(=S)OC[C@@H]1[C@H](CO[Si](c2ccccc2)(c2ccccc2)C(C)(C)C)[C@@H]2O[C@H]1[C@@H](O)[C@H]2O. The van der Waals surface area contributed by atoms with Gasteiger partial charge >= 0.3 is 0 Å². The predicted molar refractivity (Wildman–Crippen MR) is 143 cm³/mol. The van der Waals surface area contributed by atoms with E-state index in [1.165, 1.54) is 22.1 Å². The Labute approximate surface area is 213 Å². The average molecular weight is 519 g/mol. The molecule has 0 radical (unpaired) electrons. The summed E-state index contributed by atoms with van der Waals surface area (Å²) in [4.78, 5) is 0. The number of hydrogen-bond acceptors (Lipinski definition) is 7. The molecule has 2 aliphatic heterocycles. The highest BCUT2D eigenvalue weighted by molar-refractivity contribution is 8.22. The van der Waals surface area contributed by atoms with Crippen molar-refractivity contribution in [3.63, 3.8) is 0 Å². The lowest BCUT2D eigenvalue weighted by Crippen LogP contribution is -2.67. The first kappa shape index (κ1) is 25.8. The second-order valence-electron chi connectivity index (χ2n) is 10.1. The van der Waals surface area contributed by atoms with Gasteiger partial charge in [0.05, 0.1) is 18.8 Å². The van der Waals surface area contributed by atoms with Gasteiger partial charge in [-0.3, -0.25) is 0 Å². The normalized spacial score (nSPS) is 28.8. The smallest absolute Gasteiger partial charge is 0.261 e. The molecule has 8 heteroatoms. The van der Waals surface area contributed by atoms with E-state index in [-0.39, 0.29) is 16.9 Å². The van der Waals surface area contributed by atoms with E-state index in [0.717, 1.165) is 0 Å². The molecule has 34 heavy (non-hydrogen) atoms. The van der Waals surface area contributed by atoms with Crippen molar-refractivity contribution in [2.75, 3.05) is 19.5 Å². The zero-order valence-electron chi connectivity index (χ0n) is 20.1. The maximum Gasteiger partial charge on any atom is 0.261 e. The number of fused-ring (bicyclic) bond motifs is 2. The Bertz CT molecular complexity index is 929. The van der Waals surface area contributed by atoms with E-state index in [9.17, 15) is 10.2 Å². The minimum atomic E-state index is -2.74. The van der Waals surface area contributed by atoms with Crippen LogP contribution in [-0.4, -0.2) is 66.8 Å². The van der Waals surface area contributed by atoms with Gasteiger partial charge in [-0.25, -0.2) is 0 Å². The van der Waals surface area contributed by atoms with Crippen LogP contribution in [0.2, 0.25) is 5.04 Å². The number of hydrogen-bond donors (Lipinski definition) is 2. The minimum Gasteiger partial charge on any atom is -0.478 e. The second-order valence-corrected chi connectivity index (χ2v) is 15.8. The van der Waals surface area contributed by atoms with E-state index in [1.807, 2.05) is 18.4 Å². The van der Waals surface area contributed by atoms with Crippen molar-refractivity contribution in [1.29, 1.82) is 0 Å². The molecule has 0 unspecified atom stereocenters. The summed E-state index contributed by atoms with van der Waals surface area (Å²) in [5, 5.41) is 23.4. The lowest BCUT2D eigenvalue weighted by molar-refractivity contribution is -0.0381. The fourth-order valence-electron chi connectivity index (χ4n) is 5.57. The lowest BCUT2D eigenvalue weighted by atomic mass is 9.77. The molecule has 0 amide bonds. The summed E-state index contributed by atoms with van der Waals surface area (Å²) in [6, 6.07) is 21.0. The van der Waals surface area contributed by atoms with Crippen LogP contribution in [-0.2, 0) is 13.9 Å². The van der Waals surface area contributed by atoms with Gasteiger partial charge in [0.15, 0.2) is 0 Å². The molecular formula is C26H34O5S2Si. The molecule has 0 aromatic heterocycles. The molecule has 0 saturated carbocycles. The van der Waals surface area contributed by atoms with Crippen LogP contribution in [0.25, 0.3) is 0 Å². The Kier molecular flexibility index (Phi) is 7.88. The fraction of sp³-hybridized carbons (Fsp3) is 0.500. The fourth-order valence-corrected chi connectivity index (χ4v) is 10.4. The third kappa shape index (κ3) is 4.62. The van der Waals surface area contributed by atoms with Gasteiger partial charge in [0.25, 0.3) is 8.32 Å². The van der Waals surface area contributed by atoms with Gasteiger partial charge in [-0.1, -0.05) is 93.2 Å². The van der Waals surface area contributed by atoms with Crippen LogP contribution in [0.4, 0.5) is 0 Å². The molecule has 184 valence electrons. The van der Waals surface area contributed by atoms with Crippen LogP contribution < -0.4 is 10.4 Å². The van der Waals surface area contributed by atoms with Crippen LogP contribution in [0.15, 0.2) is 60.7 Å². The van der Waals surface area contributed by atoms with Crippen LogP contribution in [0.3, 0.4) is 0 Å². The Balaban J connectivity index is 1.69. The van der Waals surface area contributed by atoms with Gasteiger partial charge in [-0.2, -0.15) is 0 Å². The largest absolute Gasteiger partial charge is 0.478 e. The molecular weight excluding hydrogens is 485 g/mol. The molecule has 2 aromatic carbocycles. The number of ether oxygens (including phenoxy) is 2. The van der Waals surface area contributed by atoms with E-state index in [4.69, 9.17) is 26.1 Å². The quantitative estimate of drug-likeness (QED) is 0.432. The standard InChI is InChI=1S/C26H34O5S2Si/c1-26(2,3)34(17-11-7-5-8-12-17,18-13-9-6-10-14-18)30-16-20-19(15-29-25(32)33-4)23-21(27)22(28)24(20)31-23/h5-14,19-24,27-28H,15-16H2,1-4H3/t19-,20+,21+,22-,23-,24+/m1/s1. The van der Waals surface area contributed by atoms with Crippen LogP contribution in [0.1, 0.15) is 20.8 Å². The summed E-state index contributed by atoms with van der Waals surface area (Å²) in [6.45, 7) is 7.46. The molecule has 5 nitrogen and oxygen atoms in total. The van der Waals surface area contributed by atoms with Gasteiger partial charge in [0.1, 0.15) is 12.2 Å². The molecule has 2 fully saturated rings. The van der Waals surface area contributed by atoms with E-state index >= 15 is 0 Å². The molecule has 2 aliphatic rings. The lowest BCUT2D eigenvalue weighted by Gasteiger charge is -2.44. The number of aliphatic hydroxyl groups is 2. The molecule has 6 atom stereocenters. The second kappa shape index (κ2) is 10.4. The monoisotopic (exact) mass is 518 g/mol. The number of thiocarbonyl (C=S) groups is 1. The molecule has 2 heterocycles. The molecule has 0 spiro atoms. The van der Waals surface area contributed by atoms with Crippen LogP contribution in [0, 0.1) is 11.8 Å². The first-order valence-electron chi connectivity index (χ1n) is 11.7. The summed E-state index contributed by atoms with van der Waals surface area (Å²) >= 11 is 6.61. The van der Waals surface area contributed by atoms with Gasteiger partial charge in [-0.05, 0) is 33.9 Å². The van der Waals surface area contributed by atoms with Crippen molar-refractivity contribution in [2.45, 2.75) is 50.2 Å². The highest BCUT2D eigenvalue weighted by Gasteiger charge is 2.60. The molecule has 4 rings (SSSR count). The number of thioether (sulfide) groups is 1. The van der Waals surface area contributed by atoms with Gasteiger partial charge in [0, 0.05) is 18.4 Å². The Morgan fingerprint density at radius 2 is 1.38 bits per heavy atom. The Morgan fingerprint density at radius 1 is 0.912 bits per heavy atom. The van der Waals surface area contributed by atoms with Crippen LogP contribution in [0.5, 0.6) is 0 Å². The maximum atomic E-state index is 10.6. The van der Waals surface area contributed by atoms with Crippen LogP contribution >= 0.6 is 24.0 Å². The molecule has 2 saturated heterocycles.